The molecular formula is C14H18N2O3. The fourth-order valence-electron chi connectivity index (χ4n) is 2.05. The maximum Gasteiger partial charge on any atom is 0.357 e. The summed E-state index contributed by atoms with van der Waals surface area (Å²) in [5.74, 6) is -0.332. The second-order valence-corrected chi connectivity index (χ2v) is 4.18. The summed E-state index contributed by atoms with van der Waals surface area (Å²) in [7, 11) is 1.64. The normalized spacial score (nSPS) is 10.9. The number of imidazole rings is 1. The van der Waals surface area contributed by atoms with Gasteiger partial charge < -0.3 is 9.47 Å². The third kappa shape index (κ3) is 2.61. The number of carbonyl (C=O) groups is 1. The zero-order valence-corrected chi connectivity index (χ0v) is 11.5. The lowest BCUT2D eigenvalue weighted by molar-refractivity contribution is 0.0517. The molecule has 0 saturated heterocycles. The Kier molecular flexibility index (Phi) is 4.16. The van der Waals surface area contributed by atoms with Gasteiger partial charge in [-0.25, -0.2) is 9.78 Å². The van der Waals surface area contributed by atoms with Gasteiger partial charge in [-0.05, 0) is 25.0 Å². The molecule has 0 radical (unpaired) electrons. The summed E-state index contributed by atoms with van der Waals surface area (Å²) in [6.07, 6.45) is 2.56. The topological polar surface area (TPSA) is 52.8 Å². The number of fused-ring (bicyclic) bond motifs is 1. The number of esters is 1. The first-order valence-corrected chi connectivity index (χ1v) is 6.37. The highest BCUT2D eigenvalue weighted by molar-refractivity contribution is 5.90. The van der Waals surface area contributed by atoms with Crippen molar-refractivity contribution in [3.05, 3.63) is 35.3 Å². The predicted molar refractivity (Wildman–Crippen MR) is 71.2 cm³/mol. The minimum Gasteiger partial charge on any atom is -0.461 e. The second-order valence-electron chi connectivity index (χ2n) is 4.18. The third-order valence-corrected chi connectivity index (χ3v) is 2.87. The molecular weight excluding hydrogens is 244 g/mol. The van der Waals surface area contributed by atoms with Gasteiger partial charge in [-0.2, -0.15) is 0 Å². The average molecular weight is 262 g/mol. The number of carbonyl (C=O) groups excluding carboxylic acids is 1. The molecule has 2 aromatic heterocycles. The van der Waals surface area contributed by atoms with Gasteiger partial charge in [0, 0.05) is 13.3 Å². The summed E-state index contributed by atoms with van der Waals surface area (Å²) in [5.41, 5.74) is 3.01. The van der Waals surface area contributed by atoms with Gasteiger partial charge in [0.1, 0.15) is 5.65 Å². The molecule has 0 aliphatic rings. The van der Waals surface area contributed by atoms with Gasteiger partial charge in [0.25, 0.3) is 0 Å². The molecule has 5 nitrogen and oxygen atoms in total. The van der Waals surface area contributed by atoms with E-state index in [9.17, 15) is 4.79 Å². The van der Waals surface area contributed by atoms with Crippen LogP contribution in [0.1, 0.15) is 35.6 Å². The Morgan fingerprint density at radius 2 is 2.16 bits per heavy atom. The first-order chi connectivity index (χ1) is 9.21. The minimum absolute atomic E-state index is 0.332. The van der Waals surface area contributed by atoms with Crippen LogP contribution in [0.2, 0.25) is 0 Å². The first-order valence-electron chi connectivity index (χ1n) is 6.37. The number of pyridine rings is 1. The third-order valence-electron chi connectivity index (χ3n) is 2.87. The molecule has 0 fully saturated rings. The van der Waals surface area contributed by atoms with E-state index < -0.39 is 0 Å². The predicted octanol–water partition coefficient (Wildman–Crippen LogP) is 2.22. The van der Waals surface area contributed by atoms with E-state index in [0.29, 0.717) is 25.3 Å². The number of hydrogen-bond acceptors (Lipinski definition) is 4. The molecule has 0 N–H and O–H groups in total. The smallest absolute Gasteiger partial charge is 0.357 e. The first kappa shape index (κ1) is 13.5. The molecule has 0 saturated carbocycles. The highest BCUT2D eigenvalue weighted by atomic mass is 16.5. The van der Waals surface area contributed by atoms with E-state index in [2.05, 4.69) is 4.98 Å². The van der Waals surface area contributed by atoms with Crippen molar-refractivity contribution in [2.24, 2.45) is 0 Å². The van der Waals surface area contributed by atoms with Crippen molar-refractivity contribution in [2.45, 2.75) is 26.9 Å². The van der Waals surface area contributed by atoms with Crippen molar-refractivity contribution in [1.82, 2.24) is 9.38 Å². The van der Waals surface area contributed by atoms with Crippen molar-refractivity contribution in [1.29, 1.82) is 0 Å². The lowest BCUT2D eigenvalue weighted by Gasteiger charge is -2.05. The van der Waals surface area contributed by atoms with E-state index in [1.54, 1.807) is 18.4 Å². The Balaban J connectivity index is 2.56. The summed E-state index contributed by atoms with van der Waals surface area (Å²) in [6, 6.07) is 3.83. The minimum atomic E-state index is -0.332. The molecule has 0 aromatic carbocycles. The molecule has 0 atom stereocenters. The lowest BCUT2D eigenvalue weighted by atomic mass is 10.2. The van der Waals surface area contributed by atoms with Crippen molar-refractivity contribution >= 4 is 11.6 Å². The molecule has 19 heavy (non-hydrogen) atoms. The number of rotatable bonds is 5. The van der Waals surface area contributed by atoms with Crippen molar-refractivity contribution in [3.8, 4) is 0 Å². The van der Waals surface area contributed by atoms with Crippen molar-refractivity contribution in [2.75, 3.05) is 13.7 Å². The van der Waals surface area contributed by atoms with E-state index >= 15 is 0 Å². The largest absolute Gasteiger partial charge is 0.461 e. The monoisotopic (exact) mass is 262 g/mol. The number of nitrogens with zero attached hydrogens (tertiary/aromatic N) is 2. The summed E-state index contributed by atoms with van der Waals surface area (Å²) in [5, 5.41) is 0. The van der Waals surface area contributed by atoms with Crippen LogP contribution in [0.3, 0.4) is 0 Å². The van der Waals surface area contributed by atoms with E-state index in [1.165, 1.54) is 0 Å². The summed E-state index contributed by atoms with van der Waals surface area (Å²) < 4.78 is 12.0. The van der Waals surface area contributed by atoms with Crippen LogP contribution in [0.15, 0.2) is 18.3 Å². The Bertz CT molecular complexity index is 590. The van der Waals surface area contributed by atoms with Crippen molar-refractivity contribution < 1.29 is 14.3 Å². The molecule has 0 unspecified atom stereocenters. The van der Waals surface area contributed by atoms with Crippen LogP contribution in [0.25, 0.3) is 5.65 Å². The van der Waals surface area contributed by atoms with Crippen LogP contribution in [0, 0.1) is 0 Å². The molecule has 2 heterocycles. The van der Waals surface area contributed by atoms with Gasteiger partial charge in [0.05, 0.1) is 18.9 Å². The number of aromatic nitrogens is 2. The highest BCUT2D eigenvalue weighted by Gasteiger charge is 2.19. The van der Waals surface area contributed by atoms with Crippen LogP contribution in [-0.2, 0) is 22.5 Å². The molecule has 2 aromatic rings. The number of methoxy groups -OCH3 is 1. The highest BCUT2D eigenvalue weighted by Crippen LogP contribution is 2.16. The molecule has 0 bridgehead atoms. The molecule has 0 amide bonds. The maximum atomic E-state index is 12.1. The van der Waals surface area contributed by atoms with Crippen molar-refractivity contribution in [3.63, 3.8) is 0 Å². The fraction of sp³-hybridized carbons (Fsp3) is 0.429. The molecule has 102 valence electrons. The molecule has 2 rings (SSSR count). The van der Waals surface area contributed by atoms with Crippen LogP contribution in [0.4, 0.5) is 0 Å². The second kappa shape index (κ2) is 5.84. The number of ether oxygens (including phenoxy) is 2. The van der Waals surface area contributed by atoms with Crippen LogP contribution >= 0.6 is 0 Å². The van der Waals surface area contributed by atoms with E-state index in [0.717, 1.165) is 16.9 Å². The van der Waals surface area contributed by atoms with E-state index in [4.69, 9.17) is 9.47 Å². The van der Waals surface area contributed by atoms with Gasteiger partial charge in [-0.3, -0.25) is 4.40 Å². The molecule has 0 spiro atoms. The Morgan fingerprint density at radius 1 is 1.37 bits per heavy atom. The quantitative estimate of drug-likeness (QED) is 0.775. The van der Waals surface area contributed by atoms with E-state index in [-0.39, 0.29) is 5.97 Å². The van der Waals surface area contributed by atoms with Gasteiger partial charge >= 0.3 is 5.97 Å². The van der Waals surface area contributed by atoms with E-state index in [1.807, 2.05) is 25.3 Å². The molecule has 0 aliphatic heterocycles. The summed E-state index contributed by atoms with van der Waals surface area (Å²) >= 11 is 0. The number of aryl methyl sites for hydroxylation is 1. The Labute approximate surface area is 112 Å². The average Bonchev–Trinajstić information content (AvgIpc) is 2.77. The molecule has 5 heteroatoms. The van der Waals surface area contributed by atoms with Crippen LogP contribution in [0.5, 0.6) is 0 Å². The summed E-state index contributed by atoms with van der Waals surface area (Å²) in [6.45, 7) is 4.62. The fourth-order valence-corrected chi connectivity index (χ4v) is 2.05. The van der Waals surface area contributed by atoms with Crippen LogP contribution in [-0.4, -0.2) is 29.1 Å². The Hall–Kier alpha value is -1.88. The maximum absolute atomic E-state index is 12.1. The van der Waals surface area contributed by atoms with Gasteiger partial charge in [0.2, 0.25) is 0 Å². The van der Waals surface area contributed by atoms with Gasteiger partial charge in [0.15, 0.2) is 5.69 Å². The summed E-state index contributed by atoms with van der Waals surface area (Å²) in [4.78, 5) is 16.5. The standard InChI is InChI=1S/C14H18N2O3/c1-4-11-13(14(17)19-5-2)16-8-10(9-18-3)6-7-12(16)15-11/h6-8H,4-5,9H2,1-3H3. The SMILES string of the molecule is CCOC(=O)c1c(CC)nc2ccc(COC)cn12. The van der Waals surface area contributed by atoms with Gasteiger partial charge in [-0.1, -0.05) is 13.0 Å². The Morgan fingerprint density at radius 3 is 2.79 bits per heavy atom. The number of hydrogen-bond donors (Lipinski definition) is 0. The van der Waals surface area contributed by atoms with Gasteiger partial charge in [-0.15, -0.1) is 0 Å². The lowest BCUT2D eigenvalue weighted by Crippen LogP contribution is -2.10. The molecule has 0 aliphatic carbocycles. The van der Waals surface area contributed by atoms with Crippen LogP contribution < -0.4 is 0 Å². The zero-order valence-electron chi connectivity index (χ0n) is 11.5. The zero-order chi connectivity index (χ0) is 13.8.